The number of halogens is 1. The molecule has 5 N–H and O–H groups in total. The fourth-order valence-electron chi connectivity index (χ4n) is 5.91. The van der Waals surface area contributed by atoms with Gasteiger partial charge in [-0.3, -0.25) is 24.0 Å². The van der Waals surface area contributed by atoms with Crippen LogP contribution in [0.3, 0.4) is 0 Å². The van der Waals surface area contributed by atoms with E-state index in [2.05, 4.69) is 5.32 Å². The maximum absolute atomic E-state index is 13.6. The minimum Gasteiger partial charge on any atom is -0.507 e. The van der Waals surface area contributed by atoms with Crippen LogP contribution in [0.4, 0.5) is 4.39 Å². The summed E-state index contributed by atoms with van der Waals surface area (Å²) in [6, 6.07) is 1.75. The number of hydrogen-bond acceptors (Lipinski definition) is 8. The highest BCUT2D eigenvalue weighted by molar-refractivity contribution is 6.31. The number of Topliss-reactive ketones (excluding diaryl/α,β-unsaturated/α-hetero) is 4. The molecule has 0 aliphatic heterocycles. The van der Waals surface area contributed by atoms with Crippen LogP contribution in [0.2, 0.25) is 0 Å². The molecule has 0 radical (unpaired) electrons. The number of primary amides is 1. The van der Waals surface area contributed by atoms with E-state index >= 15 is 0 Å². The lowest BCUT2D eigenvalue weighted by molar-refractivity contribution is -0.175. The van der Waals surface area contributed by atoms with E-state index in [-0.39, 0.29) is 43.7 Å². The molecule has 10 heteroatoms. The first-order valence-corrected chi connectivity index (χ1v) is 11.4. The van der Waals surface area contributed by atoms with Gasteiger partial charge < -0.3 is 21.3 Å². The van der Waals surface area contributed by atoms with Crippen molar-refractivity contribution in [3.8, 4) is 5.75 Å². The minimum atomic E-state index is -2.66. The Morgan fingerprint density at radius 2 is 1.91 bits per heavy atom. The number of ketones is 4. The summed E-state index contributed by atoms with van der Waals surface area (Å²) in [4.78, 5) is 64.1. The van der Waals surface area contributed by atoms with Crippen LogP contribution in [0, 0.1) is 23.7 Å². The molecule has 3 aliphatic carbocycles. The van der Waals surface area contributed by atoms with Crippen molar-refractivity contribution in [2.75, 3.05) is 13.2 Å². The summed E-state index contributed by atoms with van der Waals surface area (Å²) in [5, 5.41) is 24.9. The van der Waals surface area contributed by atoms with E-state index in [4.69, 9.17) is 5.73 Å². The van der Waals surface area contributed by atoms with E-state index < -0.39 is 65.0 Å². The number of amides is 1. The fourth-order valence-corrected chi connectivity index (χ4v) is 5.91. The molecule has 1 aromatic carbocycles. The largest absolute Gasteiger partial charge is 0.507 e. The molecule has 0 bridgehead atoms. The summed E-state index contributed by atoms with van der Waals surface area (Å²) in [7, 11) is 0. The highest BCUT2D eigenvalue weighted by atomic mass is 19.1. The second kappa shape index (κ2) is 8.66. The lowest BCUT2D eigenvalue weighted by Crippen LogP contribution is -2.68. The number of phenols is 1. The van der Waals surface area contributed by atoms with Gasteiger partial charge in [0.2, 0.25) is 5.91 Å². The summed E-state index contributed by atoms with van der Waals surface area (Å²) < 4.78 is 12.5. The lowest BCUT2D eigenvalue weighted by atomic mass is 9.53. The highest BCUT2D eigenvalue weighted by Crippen LogP contribution is 2.50. The molecular formula is C24H27FN2O7. The van der Waals surface area contributed by atoms with Crippen LogP contribution in [0.25, 0.3) is 0 Å². The van der Waals surface area contributed by atoms with E-state index in [1.165, 1.54) is 0 Å². The normalized spacial score (nSPS) is 30.6. The Morgan fingerprint density at radius 3 is 2.53 bits per heavy atom. The summed E-state index contributed by atoms with van der Waals surface area (Å²) in [6.45, 7) is 1.45. The predicted octanol–water partition coefficient (Wildman–Crippen LogP) is -0.0516. The Bertz CT molecular complexity index is 1120. The van der Waals surface area contributed by atoms with Gasteiger partial charge in [-0.1, -0.05) is 13.0 Å². The van der Waals surface area contributed by atoms with Crippen LogP contribution in [-0.2, 0) is 38.6 Å². The number of rotatable bonds is 6. The number of nitrogens with one attached hydrogen (secondary N) is 1. The van der Waals surface area contributed by atoms with Crippen molar-refractivity contribution in [2.45, 2.75) is 44.8 Å². The van der Waals surface area contributed by atoms with E-state index in [1.807, 2.05) is 6.92 Å². The van der Waals surface area contributed by atoms with Gasteiger partial charge in [0.15, 0.2) is 34.7 Å². The Kier molecular flexibility index (Phi) is 6.15. The van der Waals surface area contributed by atoms with E-state index in [1.54, 1.807) is 6.07 Å². The number of aliphatic hydroxyl groups is 1. The number of hydrogen-bond donors (Lipinski definition) is 4. The fraction of sp³-hybridized carbons (Fsp3) is 0.542. The number of aryl methyl sites for hydroxylation is 1. The van der Waals surface area contributed by atoms with Crippen molar-refractivity contribution < 1.29 is 38.6 Å². The lowest BCUT2D eigenvalue weighted by Gasteiger charge is -2.48. The molecule has 1 amide bonds. The molecule has 1 aromatic rings. The van der Waals surface area contributed by atoms with Crippen LogP contribution in [0.15, 0.2) is 6.07 Å². The summed E-state index contributed by atoms with van der Waals surface area (Å²) in [6.07, 6.45) is 0.490. The maximum Gasteiger partial charge on any atom is 0.235 e. The average Bonchev–Trinajstić information content (AvgIpc) is 2.77. The number of fused-ring (bicyclic) bond motifs is 3. The van der Waals surface area contributed by atoms with Gasteiger partial charge in [-0.25, -0.2) is 4.39 Å². The van der Waals surface area contributed by atoms with Crippen molar-refractivity contribution in [3.05, 3.63) is 28.3 Å². The zero-order chi connectivity index (χ0) is 24.9. The SMILES string of the molecule is CCc1cc(CNCCF)c(O)c2c1C[C@H]1C[C@H]3CC(=O)C(C(N)=O)C(=O)[C@@]3(O)C(=O)C1C2=O. The average molecular weight is 474 g/mol. The summed E-state index contributed by atoms with van der Waals surface area (Å²) >= 11 is 0. The molecule has 182 valence electrons. The second-order valence-electron chi connectivity index (χ2n) is 9.36. The van der Waals surface area contributed by atoms with Crippen LogP contribution < -0.4 is 11.1 Å². The Balaban J connectivity index is 1.78. The third-order valence-electron chi connectivity index (χ3n) is 7.54. The molecule has 0 saturated heterocycles. The number of nitrogens with two attached hydrogens (primary N) is 1. The zero-order valence-electron chi connectivity index (χ0n) is 18.7. The van der Waals surface area contributed by atoms with Gasteiger partial charge in [0, 0.05) is 31.0 Å². The molecule has 2 saturated carbocycles. The quantitative estimate of drug-likeness (QED) is 0.329. The van der Waals surface area contributed by atoms with Gasteiger partial charge in [0.25, 0.3) is 0 Å². The van der Waals surface area contributed by atoms with Crippen LogP contribution in [-0.4, -0.2) is 58.1 Å². The first-order chi connectivity index (χ1) is 16.1. The van der Waals surface area contributed by atoms with Gasteiger partial charge in [0.1, 0.15) is 12.4 Å². The van der Waals surface area contributed by atoms with Gasteiger partial charge >= 0.3 is 0 Å². The number of aromatic hydroxyl groups is 1. The zero-order valence-corrected chi connectivity index (χ0v) is 18.7. The first-order valence-electron chi connectivity index (χ1n) is 11.4. The standard InChI is InChI=1S/C24H27FN2O7/c1-2-10-5-12(9-27-4-3-25)19(29)17-14(10)7-11-6-13-8-15(28)18(23(26)33)22(32)24(13,34)21(31)16(11)20(17)30/h5,11,13,16,18,27,29,34H,2-4,6-9H2,1H3,(H2,26,33)/t11-,13+,16?,18?,24+/m1/s1. The minimum absolute atomic E-state index is 0.0289. The molecule has 2 unspecified atom stereocenters. The summed E-state index contributed by atoms with van der Waals surface area (Å²) in [5.74, 6) is -10.3. The predicted molar refractivity (Wildman–Crippen MR) is 116 cm³/mol. The molecule has 0 spiro atoms. The van der Waals surface area contributed by atoms with Crippen LogP contribution >= 0.6 is 0 Å². The van der Waals surface area contributed by atoms with Gasteiger partial charge in [-0.2, -0.15) is 0 Å². The number of carbonyl (C=O) groups excluding carboxylic acids is 5. The third-order valence-corrected chi connectivity index (χ3v) is 7.54. The van der Waals surface area contributed by atoms with Crippen molar-refractivity contribution in [1.82, 2.24) is 5.32 Å². The van der Waals surface area contributed by atoms with Gasteiger partial charge in [-0.15, -0.1) is 0 Å². The molecule has 2 fully saturated rings. The topological polar surface area (TPSA) is 164 Å². The Hall–Kier alpha value is -2.98. The summed E-state index contributed by atoms with van der Waals surface area (Å²) in [5.41, 5.74) is 4.27. The molecule has 3 aliphatic rings. The maximum atomic E-state index is 13.6. The molecule has 0 aromatic heterocycles. The number of benzene rings is 1. The number of phenolic OH excluding ortho intramolecular Hbond substituents is 1. The van der Waals surface area contributed by atoms with E-state index in [0.29, 0.717) is 17.5 Å². The monoisotopic (exact) mass is 474 g/mol. The Morgan fingerprint density at radius 1 is 1.21 bits per heavy atom. The van der Waals surface area contributed by atoms with Gasteiger partial charge in [0.05, 0.1) is 11.5 Å². The van der Waals surface area contributed by atoms with E-state index in [0.717, 1.165) is 5.56 Å². The molecule has 5 atom stereocenters. The molecule has 4 rings (SSSR count). The Labute approximate surface area is 194 Å². The second-order valence-corrected chi connectivity index (χ2v) is 9.36. The first kappa shape index (κ1) is 24.2. The van der Waals surface area contributed by atoms with Crippen molar-refractivity contribution in [1.29, 1.82) is 0 Å². The van der Waals surface area contributed by atoms with Crippen molar-refractivity contribution >= 4 is 29.0 Å². The molecule has 0 heterocycles. The van der Waals surface area contributed by atoms with E-state index in [9.17, 15) is 38.6 Å². The van der Waals surface area contributed by atoms with Crippen LogP contribution in [0.5, 0.6) is 5.75 Å². The van der Waals surface area contributed by atoms with Crippen LogP contribution in [0.1, 0.15) is 46.8 Å². The molecule has 9 nitrogen and oxygen atoms in total. The van der Waals surface area contributed by atoms with Gasteiger partial charge in [-0.05, 0) is 36.3 Å². The smallest absolute Gasteiger partial charge is 0.235 e. The highest BCUT2D eigenvalue weighted by Gasteiger charge is 2.66. The van der Waals surface area contributed by atoms with Crippen molar-refractivity contribution in [2.24, 2.45) is 29.4 Å². The number of carbonyl (C=O) groups is 5. The molecule has 34 heavy (non-hydrogen) atoms. The number of alkyl halides is 1. The third kappa shape index (κ3) is 3.39. The van der Waals surface area contributed by atoms with Crippen molar-refractivity contribution in [3.63, 3.8) is 0 Å². The molecular weight excluding hydrogens is 447 g/mol.